The van der Waals surface area contributed by atoms with Crippen molar-refractivity contribution in [1.29, 1.82) is 0 Å². The lowest BCUT2D eigenvalue weighted by molar-refractivity contribution is -0.313. The van der Waals surface area contributed by atoms with Crippen molar-refractivity contribution in [2.24, 2.45) is 0 Å². The average molecular weight is 527 g/mol. The molecule has 0 saturated carbocycles. The minimum Gasteiger partial charge on any atom is -0.368 e. The quantitative estimate of drug-likeness (QED) is 0.308. The van der Waals surface area contributed by atoms with Crippen molar-refractivity contribution in [3.63, 3.8) is 0 Å². The maximum absolute atomic E-state index is 6.50. The van der Waals surface area contributed by atoms with Crippen molar-refractivity contribution in [3.05, 3.63) is 108 Å². The molecule has 180 valence electrons. The van der Waals surface area contributed by atoms with E-state index in [0.29, 0.717) is 25.2 Å². The van der Waals surface area contributed by atoms with Gasteiger partial charge in [0, 0.05) is 12.4 Å². The van der Waals surface area contributed by atoms with Gasteiger partial charge in [0.25, 0.3) is 0 Å². The number of rotatable bonds is 11. The molecular formula is C28H31BrO5. The fourth-order valence-corrected chi connectivity index (χ4v) is 4.58. The van der Waals surface area contributed by atoms with E-state index in [0.717, 1.165) is 16.7 Å². The zero-order valence-corrected chi connectivity index (χ0v) is 20.9. The standard InChI is InChI=1S/C28H31BrO5/c1-30-28-27(33-20-23-15-9-4-10-16-23)26(32-19-22-13-7-3-8-14-22)25(24(17-29)34-28)31-18-21-11-5-2-6-12-21/h2-16,24-28H,17-20H2,1H3/t24-,25+,26+,27+,28-/m1/s1. The molecule has 0 spiro atoms. The Balaban J connectivity index is 1.56. The Morgan fingerprint density at radius 1 is 0.618 bits per heavy atom. The van der Waals surface area contributed by atoms with Crippen molar-refractivity contribution in [3.8, 4) is 0 Å². The van der Waals surface area contributed by atoms with E-state index in [-0.39, 0.29) is 12.2 Å². The van der Waals surface area contributed by atoms with Crippen molar-refractivity contribution >= 4 is 15.9 Å². The van der Waals surface area contributed by atoms with Gasteiger partial charge >= 0.3 is 0 Å². The summed E-state index contributed by atoms with van der Waals surface area (Å²) in [5, 5.41) is 0.586. The Morgan fingerprint density at radius 2 is 1.03 bits per heavy atom. The minimum atomic E-state index is -0.580. The molecule has 0 unspecified atom stereocenters. The van der Waals surface area contributed by atoms with Gasteiger partial charge in [-0.15, -0.1) is 0 Å². The summed E-state index contributed by atoms with van der Waals surface area (Å²) in [7, 11) is 1.63. The van der Waals surface area contributed by atoms with Crippen LogP contribution in [-0.2, 0) is 43.5 Å². The van der Waals surface area contributed by atoms with E-state index < -0.39 is 18.5 Å². The Labute approximate surface area is 210 Å². The first kappa shape index (κ1) is 25.0. The molecule has 5 atom stereocenters. The molecular weight excluding hydrogens is 496 g/mol. The number of benzene rings is 3. The normalized spacial score (nSPS) is 24.7. The summed E-state index contributed by atoms with van der Waals surface area (Å²) < 4.78 is 31.3. The summed E-state index contributed by atoms with van der Waals surface area (Å²) in [6.45, 7) is 1.31. The van der Waals surface area contributed by atoms with Crippen molar-refractivity contribution in [2.45, 2.75) is 50.5 Å². The molecule has 0 aliphatic carbocycles. The van der Waals surface area contributed by atoms with Crippen molar-refractivity contribution < 1.29 is 23.7 Å². The Bertz CT molecular complexity index is 899. The summed E-state index contributed by atoms with van der Waals surface area (Å²) in [5.74, 6) is 0. The molecule has 1 aliphatic heterocycles. The molecule has 3 aromatic rings. The van der Waals surface area contributed by atoms with Gasteiger partial charge in [-0.1, -0.05) is 107 Å². The van der Waals surface area contributed by atoms with Gasteiger partial charge in [-0.2, -0.15) is 0 Å². The minimum absolute atomic E-state index is 0.258. The summed E-state index contributed by atoms with van der Waals surface area (Å²) >= 11 is 3.60. The topological polar surface area (TPSA) is 46.2 Å². The van der Waals surface area contributed by atoms with Gasteiger partial charge in [0.15, 0.2) is 6.29 Å². The lowest BCUT2D eigenvalue weighted by Gasteiger charge is -2.45. The lowest BCUT2D eigenvalue weighted by Crippen LogP contribution is -2.61. The summed E-state index contributed by atoms with van der Waals surface area (Å²) in [6.07, 6.45) is -2.05. The molecule has 3 aromatic carbocycles. The first-order chi connectivity index (χ1) is 16.8. The van der Waals surface area contributed by atoms with Gasteiger partial charge in [-0.05, 0) is 16.7 Å². The van der Waals surface area contributed by atoms with Crippen LogP contribution in [0.15, 0.2) is 91.0 Å². The molecule has 1 fully saturated rings. The van der Waals surface area contributed by atoms with Crippen LogP contribution < -0.4 is 0 Å². The van der Waals surface area contributed by atoms with E-state index in [2.05, 4.69) is 28.1 Å². The number of halogens is 1. The largest absolute Gasteiger partial charge is 0.368 e. The third-order valence-corrected chi connectivity index (χ3v) is 6.47. The van der Waals surface area contributed by atoms with E-state index in [1.54, 1.807) is 7.11 Å². The van der Waals surface area contributed by atoms with E-state index in [1.165, 1.54) is 0 Å². The van der Waals surface area contributed by atoms with E-state index >= 15 is 0 Å². The Hall–Kier alpha value is -2.06. The Kier molecular flexibility index (Phi) is 9.68. The van der Waals surface area contributed by atoms with Gasteiger partial charge in [0.1, 0.15) is 18.3 Å². The maximum atomic E-state index is 6.50. The number of ether oxygens (including phenoxy) is 5. The van der Waals surface area contributed by atoms with E-state index in [9.17, 15) is 0 Å². The summed E-state index contributed by atoms with van der Waals surface area (Å²) in [5.41, 5.74) is 3.25. The molecule has 5 nitrogen and oxygen atoms in total. The van der Waals surface area contributed by atoms with Crippen LogP contribution in [-0.4, -0.2) is 43.1 Å². The van der Waals surface area contributed by atoms with Crippen LogP contribution in [0.25, 0.3) is 0 Å². The van der Waals surface area contributed by atoms with Crippen molar-refractivity contribution in [2.75, 3.05) is 12.4 Å². The van der Waals surface area contributed by atoms with E-state index in [1.807, 2.05) is 78.9 Å². The second kappa shape index (κ2) is 13.1. The molecule has 1 heterocycles. The Morgan fingerprint density at radius 3 is 1.44 bits per heavy atom. The van der Waals surface area contributed by atoms with Crippen LogP contribution in [0.4, 0.5) is 0 Å². The first-order valence-electron chi connectivity index (χ1n) is 11.5. The third-order valence-electron chi connectivity index (χ3n) is 5.83. The van der Waals surface area contributed by atoms with Crippen molar-refractivity contribution in [1.82, 2.24) is 0 Å². The number of hydrogen-bond donors (Lipinski definition) is 0. The second-order valence-corrected chi connectivity index (χ2v) is 8.86. The van der Waals surface area contributed by atoms with Crippen LogP contribution >= 0.6 is 15.9 Å². The van der Waals surface area contributed by atoms with Gasteiger partial charge in [0.2, 0.25) is 0 Å². The summed E-state index contributed by atoms with van der Waals surface area (Å²) in [6, 6.07) is 30.3. The number of hydrogen-bond acceptors (Lipinski definition) is 5. The molecule has 34 heavy (non-hydrogen) atoms. The lowest BCUT2D eigenvalue weighted by atomic mass is 9.98. The van der Waals surface area contributed by atoms with Crippen LogP contribution in [0, 0.1) is 0 Å². The molecule has 1 aliphatic rings. The highest BCUT2D eigenvalue weighted by Gasteiger charge is 2.48. The fraction of sp³-hybridized carbons (Fsp3) is 0.357. The van der Waals surface area contributed by atoms with E-state index in [4.69, 9.17) is 23.7 Å². The molecule has 0 amide bonds. The molecule has 4 rings (SSSR count). The van der Waals surface area contributed by atoms with Crippen LogP contribution in [0.1, 0.15) is 16.7 Å². The molecule has 0 N–H and O–H groups in total. The van der Waals surface area contributed by atoms with Gasteiger partial charge in [-0.25, -0.2) is 0 Å². The number of methoxy groups -OCH3 is 1. The predicted octanol–water partition coefficient (Wildman–Crippen LogP) is 5.51. The molecule has 0 radical (unpaired) electrons. The second-order valence-electron chi connectivity index (χ2n) is 8.22. The zero-order chi connectivity index (χ0) is 23.6. The van der Waals surface area contributed by atoms with Gasteiger partial charge in [0.05, 0.1) is 25.9 Å². The average Bonchev–Trinajstić information content (AvgIpc) is 2.91. The smallest absolute Gasteiger partial charge is 0.186 e. The molecule has 1 saturated heterocycles. The molecule has 6 heteroatoms. The van der Waals surface area contributed by atoms with Gasteiger partial charge < -0.3 is 23.7 Å². The third kappa shape index (κ3) is 6.75. The SMILES string of the molecule is CO[C@@H]1O[C@H](CBr)[C@H](OCc2ccccc2)[C@H](OCc2ccccc2)[C@@H]1OCc1ccccc1. The number of alkyl halides is 1. The highest BCUT2D eigenvalue weighted by Crippen LogP contribution is 2.31. The first-order valence-corrected chi connectivity index (χ1v) is 12.6. The highest BCUT2D eigenvalue weighted by molar-refractivity contribution is 9.09. The summed E-state index contributed by atoms with van der Waals surface area (Å²) in [4.78, 5) is 0. The monoisotopic (exact) mass is 526 g/mol. The van der Waals surface area contributed by atoms with Crippen LogP contribution in [0.2, 0.25) is 0 Å². The maximum Gasteiger partial charge on any atom is 0.186 e. The zero-order valence-electron chi connectivity index (χ0n) is 19.3. The van der Waals surface area contributed by atoms with Crippen LogP contribution in [0.3, 0.4) is 0 Å². The predicted molar refractivity (Wildman–Crippen MR) is 135 cm³/mol. The highest BCUT2D eigenvalue weighted by atomic mass is 79.9. The van der Waals surface area contributed by atoms with Gasteiger partial charge in [-0.3, -0.25) is 0 Å². The molecule has 0 bridgehead atoms. The molecule has 0 aromatic heterocycles. The van der Waals surface area contributed by atoms with Crippen LogP contribution in [0.5, 0.6) is 0 Å². The fourth-order valence-electron chi connectivity index (χ4n) is 4.06.